The molecule has 0 bridgehead atoms. The number of piperidine rings is 1. The SMILES string of the molecule is Cc1ccc(C)c(N2C(=O)c3ccc(C(=O)OCC(=O)N4C(C)CCCC4C)cc3C2=O)c1. The van der Waals surface area contributed by atoms with Crippen LogP contribution in [0.1, 0.15) is 75.3 Å². The molecule has 0 radical (unpaired) electrons. The van der Waals surface area contributed by atoms with Gasteiger partial charge in [0.1, 0.15) is 0 Å². The zero-order chi connectivity index (χ0) is 23.9. The van der Waals surface area contributed by atoms with Gasteiger partial charge in [-0.3, -0.25) is 14.4 Å². The summed E-state index contributed by atoms with van der Waals surface area (Å²) in [6.45, 7) is 7.37. The fraction of sp³-hybridized carbons (Fsp3) is 0.385. The number of hydrogen-bond donors (Lipinski definition) is 0. The van der Waals surface area contributed by atoms with Crippen LogP contribution in [0.5, 0.6) is 0 Å². The lowest BCUT2D eigenvalue weighted by molar-refractivity contribution is -0.140. The van der Waals surface area contributed by atoms with Crippen LogP contribution < -0.4 is 4.90 Å². The molecule has 2 heterocycles. The minimum atomic E-state index is -0.700. The molecule has 7 heteroatoms. The molecule has 0 spiro atoms. The number of amides is 3. The maximum absolute atomic E-state index is 13.1. The van der Waals surface area contributed by atoms with Crippen LogP contribution in [0, 0.1) is 13.8 Å². The van der Waals surface area contributed by atoms with Gasteiger partial charge < -0.3 is 9.64 Å². The summed E-state index contributed by atoms with van der Waals surface area (Å²) in [5, 5.41) is 0. The van der Waals surface area contributed by atoms with E-state index in [9.17, 15) is 19.2 Å². The summed E-state index contributed by atoms with van der Waals surface area (Å²) in [4.78, 5) is 54.2. The van der Waals surface area contributed by atoms with Crippen molar-refractivity contribution >= 4 is 29.4 Å². The van der Waals surface area contributed by atoms with E-state index in [2.05, 4.69) is 0 Å². The summed E-state index contributed by atoms with van der Waals surface area (Å²) >= 11 is 0. The number of rotatable bonds is 4. The molecule has 4 rings (SSSR count). The van der Waals surface area contributed by atoms with Crippen molar-refractivity contribution in [1.82, 2.24) is 4.90 Å². The van der Waals surface area contributed by atoms with Gasteiger partial charge in [0.15, 0.2) is 6.61 Å². The number of carbonyl (C=O) groups excluding carboxylic acids is 4. The number of imide groups is 1. The maximum atomic E-state index is 13.1. The number of likely N-dealkylation sites (tertiary alicyclic amines) is 1. The lowest BCUT2D eigenvalue weighted by Gasteiger charge is -2.38. The molecule has 7 nitrogen and oxygen atoms in total. The number of fused-ring (bicyclic) bond motifs is 1. The fourth-order valence-electron chi connectivity index (χ4n) is 4.74. The van der Waals surface area contributed by atoms with Gasteiger partial charge in [-0.05, 0) is 82.3 Å². The van der Waals surface area contributed by atoms with E-state index in [4.69, 9.17) is 4.74 Å². The summed E-state index contributed by atoms with van der Waals surface area (Å²) in [7, 11) is 0. The van der Waals surface area contributed by atoms with E-state index in [0.29, 0.717) is 5.69 Å². The van der Waals surface area contributed by atoms with Gasteiger partial charge in [0, 0.05) is 12.1 Å². The highest BCUT2D eigenvalue weighted by molar-refractivity contribution is 6.35. The number of esters is 1. The first-order chi connectivity index (χ1) is 15.7. The highest BCUT2D eigenvalue weighted by Gasteiger charge is 2.38. The summed E-state index contributed by atoms with van der Waals surface area (Å²) in [6, 6.07) is 10.1. The van der Waals surface area contributed by atoms with Crippen molar-refractivity contribution in [2.45, 2.75) is 59.0 Å². The van der Waals surface area contributed by atoms with Crippen molar-refractivity contribution in [3.63, 3.8) is 0 Å². The molecule has 2 aromatic carbocycles. The normalized spacial score (nSPS) is 20.1. The molecule has 2 unspecified atom stereocenters. The van der Waals surface area contributed by atoms with Crippen molar-refractivity contribution in [2.24, 2.45) is 0 Å². The Morgan fingerprint density at radius 3 is 2.30 bits per heavy atom. The van der Waals surface area contributed by atoms with E-state index in [1.165, 1.54) is 18.2 Å². The number of benzene rings is 2. The van der Waals surface area contributed by atoms with E-state index >= 15 is 0 Å². The largest absolute Gasteiger partial charge is 0.452 e. The molecule has 0 saturated carbocycles. The van der Waals surface area contributed by atoms with E-state index in [1.807, 2.05) is 39.8 Å². The second-order valence-electron chi connectivity index (χ2n) is 9.00. The molecule has 2 atom stereocenters. The van der Waals surface area contributed by atoms with Crippen molar-refractivity contribution in [2.75, 3.05) is 11.5 Å². The van der Waals surface area contributed by atoms with Crippen molar-refractivity contribution in [3.8, 4) is 0 Å². The van der Waals surface area contributed by atoms with Crippen LogP contribution in [-0.4, -0.2) is 47.3 Å². The van der Waals surface area contributed by atoms with Gasteiger partial charge >= 0.3 is 5.97 Å². The van der Waals surface area contributed by atoms with E-state index in [1.54, 1.807) is 11.0 Å². The van der Waals surface area contributed by atoms with Crippen LogP contribution >= 0.6 is 0 Å². The Hall–Kier alpha value is -3.48. The smallest absolute Gasteiger partial charge is 0.338 e. The van der Waals surface area contributed by atoms with Crippen LogP contribution in [0.15, 0.2) is 36.4 Å². The first kappa shape index (κ1) is 22.7. The molecule has 2 aliphatic rings. The summed E-state index contributed by atoms with van der Waals surface area (Å²) < 4.78 is 5.27. The van der Waals surface area contributed by atoms with E-state index in [-0.39, 0.29) is 41.3 Å². The zero-order valence-electron chi connectivity index (χ0n) is 19.4. The van der Waals surface area contributed by atoms with Gasteiger partial charge in [-0.25, -0.2) is 9.69 Å². The average Bonchev–Trinajstić information content (AvgIpc) is 3.03. The number of anilines is 1. The second kappa shape index (κ2) is 8.81. The molecule has 33 heavy (non-hydrogen) atoms. The standard InChI is InChI=1S/C26H28N2O5/c1-15-8-9-16(2)22(12-15)28-24(30)20-11-10-19(13-21(20)25(28)31)26(32)33-14-23(29)27-17(3)6-5-7-18(27)4/h8-13,17-18H,5-7,14H2,1-4H3. The minimum Gasteiger partial charge on any atom is -0.452 e. The van der Waals surface area contributed by atoms with Gasteiger partial charge in [0.25, 0.3) is 17.7 Å². The Morgan fingerprint density at radius 2 is 1.61 bits per heavy atom. The molecule has 0 aliphatic carbocycles. The quantitative estimate of drug-likeness (QED) is 0.520. The minimum absolute atomic E-state index is 0.111. The number of hydrogen-bond acceptors (Lipinski definition) is 5. The Labute approximate surface area is 193 Å². The highest BCUT2D eigenvalue weighted by Crippen LogP contribution is 2.32. The van der Waals surface area contributed by atoms with Gasteiger partial charge in [0.2, 0.25) is 0 Å². The molecule has 1 saturated heterocycles. The third-order valence-corrected chi connectivity index (χ3v) is 6.54. The number of nitrogens with zero attached hydrogens (tertiary/aromatic N) is 2. The van der Waals surface area contributed by atoms with Gasteiger partial charge in [0.05, 0.1) is 22.4 Å². The molecule has 3 amide bonds. The van der Waals surface area contributed by atoms with Gasteiger partial charge in [-0.2, -0.15) is 0 Å². The monoisotopic (exact) mass is 448 g/mol. The van der Waals surface area contributed by atoms with E-state index < -0.39 is 17.8 Å². The Morgan fingerprint density at radius 1 is 0.939 bits per heavy atom. The second-order valence-corrected chi connectivity index (χ2v) is 9.00. The van der Waals surface area contributed by atoms with Gasteiger partial charge in [-0.15, -0.1) is 0 Å². The first-order valence-electron chi connectivity index (χ1n) is 11.3. The number of aryl methyl sites for hydroxylation is 2. The summed E-state index contributed by atoms with van der Waals surface area (Å²) in [5.74, 6) is -1.83. The van der Waals surface area contributed by atoms with Gasteiger partial charge in [-0.1, -0.05) is 12.1 Å². The molecule has 2 aromatic rings. The zero-order valence-corrected chi connectivity index (χ0v) is 19.4. The Kier molecular flexibility index (Phi) is 6.06. The number of ether oxygens (including phenoxy) is 1. The molecular formula is C26H28N2O5. The third kappa shape index (κ3) is 4.15. The summed E-state index contributed by atoms with van der Waals surface area (Å²) in [5.41, 5.74) is 2.78. The fourth-order valence-corrected chi connectivity index (χ4v) is 4.74. The van der Waals surface area contributed by atoms with Crippen molar-refractivity contribution in [3.05, 3.63) is 64.2 Å². The van der Waals surface area contributed by atoms with Crippen LogP contribution in [0.2, 0.25) is 0 Å². The molecule has 0 N–H and O–H groups in total. The Bertz CT molecular complexity index is 1150. The van der Waals surface area contributed by atoms with Crippen LogP contribution in [0.3, 0.4) is 0 Å². The van der Waals surface area contributed by atoms with Crippen LogP contribution in [0.4, 0.5) is 5.69 Å². The predicted octanol–water partition coefficient (Wildman–Crippen LogP) is 4.05. The highest BCUT2D eigenvalue weighted by atomic mass is 16.5. The van der Waals surface area contributed by atoms with Crippen LogP contribution in [-0.2, 0) is 9.53 Å². The van der Waals surface area contributed by atoms with E-state index in [0.717, 1.165) is 35.3 Å². The predicted molar refractivity (Wildman–Crippen MR) is 123 cm³/mol. The molecule has 172 valence electrons. The average molecular weight is 449 g/mol. The molecule has 2 aliphatic heterocycles. The van der Waals surface area contributed by atoms with Crippen molar-refractivity contribution < 1.29 is 23.9 Å². The molecule has 0 aromatic heterocycles. The third-order valence-electron chi connectivity index (χ3n) is 6.54. The lowest BCUT2D eigenvalue weighted by Crippen LogP contribution is -2.49. The Balaban J connectivity index is 1.50. The lowest BCUT2D eigenvalue weighted by atomic mass is 9.97. The van der Waals surface area contributed by atoms with Crippen molar-refractivity contribution in [1.29, 1.82) is 0 Å². The molecule has 1 fully saturated rings. The summed E-state index contributed by atoms with van der Waals surface area (Å²) in [6.07, 6.45) is 2.94. The maximum Gasteiger partial charge on any atom is 0.338 e. The molecular weight excluding hydrogens is 420 g/mol. The first-order valence-corrected chi connectivity index (χ1v) is 11.3. The topological polar surface area (TPSA) is 84.0 Å². The van der Waals surface area contributed by atoms with Crippen LogP contribution in [0.25, 0.3) is 0 Å². The number of carbonyl (C=O) groups is 4.